The van der Waals surface area contributed by atoms with Crippen LogP contribution in [0.2, 0.25) is 0 Å². The predicted octanol–water partition coefficient (Wildman–Crippen LogP) is 5.17. The maximum Gasteiger partial charge on any atom is 0.305 e. The third-order valence-electron chi connectivity index (χ3n) is 10.1. The molecule has 4 aliphatic carbocycles. The van der Waals surface area contributed by atoms with Crippen molar-refractivity contribution >= 4 is 17.5 Å². The fraction of sp³-hybridized carbons (Fsp3) is 0.719. The number of carbonyl (C=O) groups excluding carboxylic acids is 3. The standard InChI is InChI=1S/C26H35NO7.C6H12O2/c1-15-11-20-19-6-5-17-12-18(28)7-9-25(17,3)24(19)21(29)13-26(20,4)23(15)22(30)14-33-16(2)8-10-34-27(31)32;1-3-4-5-6(7)8-2/h7,9,12,15,19-21,23-24,29H,2,5-6,8,10-11,13-14H2,1,3-4H3;3-5H2,1-2H3. The van der Waals surface area contributed by atoms with Gasteiger partial charge in [-0.3, -0.25) is 14.4 Å². The minimum atomic E-state index is -0.868. The van der Waals surface area contributed by atoms with Gasteiger partial charge >= 0.3 is 5.97 Å². The van der Waals surface area contributed by atoms with Crippen LogP contribution in [0.1, 0.15) is 79.1 Å². The van der Waals surface area contributed by atoms with Gasteiger partial charge in [0.05, 0.1) is 19.0 Å². The highest BCUT2D eigenvalue weighted by Crippen LogP contribution is 2.67. The van der Waals surface area contributed by atoms with E-state index in [-0.39, 0.29) is 77.4 Å². The van der Waals surface area contributed by atoms with E-state index in [4.69, 9.17) is 4.74 Å². The van der Waals surface area contributed by atoms with Crippen LogP contribution in [0.15, 0.2) is 36.1 Å². The maximum atomic E-state index is 13.4. The summed E-state index contributed by atoms with van der Waals surface area (Å²) >= 11 is 0. The molecule has 3 saturated carbocycles. The summed E-state index contributed by atoms with van der Waals surface area (Å²) in [6, 6.07) is 0. The number of hydrogen-bond donors (Lipinski definition) is 1. The van der Waals surface area contributed by atoms with Crippen molar-refractivity contribution in [2.75, 3.05) is 20.3 Å². The third-order valence-corrected chi connectivity index (χ3v) is 10.1. The molecule has 10 nitrogen and oxygen atoms in total. The van der Waals surface area contributed by atoms with Crippen LogP contribution in [0.5, 0.6) is 0 Å². The molecule has 0 radical (unpaired) electrons. The number of esters is 1. The lowest BCUT2D eigenvalue weighted by atomic mass is 9.46. The molecule has 0 aromatic rings. The zero-order chi connectivity index (χ0) is 31.2. The van der Waals surface area contributed by atoms with E-state index in [2.05, 4.69) is 36.9 Å². The van der Waals surface area contributed by atoms with Gasteiger partial charge < -0.3 is 19.4 Å². The summed E-state index contributed by atoms with van der Waals surface area (Å²) in [5.74, 6) is 0.749. The van der Waals surface area contributed by atoms with Gasteiger partial charge in [-0.1, -0.05) is 52.3 Å². The van der Waals surface area contributed by atoms with Gasteiger partial charge in [0.15, 0.2) is 11.6 Å². The number of hydrogen-bond acceptors (Lipinski definition) is 9. The topological polar surface area (TPSA) is 142 Å². The number of carbonyl (C=O) groups is 3. The summed E-state index contributed by atoms with van der Waals surface area (Å²) < 4.78 is 9.96. The number of Topliss-reactive ketones (excluding diaryl/α,β-unsaturated/α-hetero) is 1. The smallest absolute Gasteiger partial charge is 0.305 e. The summed E-state index contributed by atoms with van der Waals surface area (Å²) in [5, 5.41) is 20.9. The Bertz CT molecular complexity index is 1110. The molecule has 0 aromatic heterocycles. The molecule has 4 aliphatic rings. The first-order valence-electron chi connectivity index (χ1n) is 15.1. The van der Waals surface area contributed by atoms with Crippen molar-refractivity contribution < 1.29 is 38.9 Å². The van der Waals surface area contributed by atoms with Crippen molar-refractivity contribution in [1.29, 1.82) is 0 Å². The number of rotatable bonds is 11. The minimum Gasteiger partial charge on any atom is -0.491 e. The van der Waals surface area contributed by atoms with Gasteiger partial charge in [0.25, 0.3) is 5.09 Å². The van der Waals surface area contributed by atoms with E-state index in [0.29, 0.717) is 18.8 Å². The van der Waals surface area contributed by atoms with E-state index in [1.54, 1.807) is 12.2 Å². The number of ether oxygens (including phenoxy) is 2. The van der Waals surface area contributed by atoms with Gasteiger partial charge in [0.1, 0.15) is 13.2 Å². The van der Waals surface area contributed by atoms with Crippen LogP contribution in [0.25, 0.3) is 0 Å². The summed E-state index contributed by atoms with van der Waals surface area (Å²) in [6.07, 6.45) is 10.7. The second-order valence-corrected chi connectivity index (χ2v) is 12.8. The van der Waals surface area contributed by atoms with Crippen LogP contribution in [-0.2, 0) is 28.7 Å². The number of aliphatic hydroxyl groups is 1. The summed E-state index contributed by atoms with van der Waals surface area (Å²) in [4.78, 5) is 50.2. The van der Waals surface area contributed by atoms with Crippen molar-refractivity contribution in [3.63, 3.8) is 0 Å². The molecular formula is C32H47NO9. The fourth-order valence-corrected chi connectivity index (χ4v) is 8.37. The van der Waals surface area contributed by atoms with Crippen molar-refractivity contribution in [2.45, 2.75) is 85.2 Å². The molecular weight excluding hydrogens is 542 g/mol. The minimum absolute atomic E-state index is 0.00902. The molecule has 42 heavy (non-hydrogen) atoms. The number of fused-ring (bicyclic) bond motifs is 5. The van der Waals surface area contributed by atoms with Crippen LogP contribution in [-0.4, -0.2) is 54.2 Å². The van der Waals surface area contributed by atoms with Crippen molar-refractivity contribution in [3.05, 3.63) is 46.3 Å². The zero-order valence-electron chi connectivity index (χ0n) is 25.6. The molecule has 10 heteroatoms. The maximum absolute atomic E-state index is 13.4. The van der Waals surface area contributed by atoms with E-state index < -0.39 is 11.2 Å². The van der Waals surface area contributed by atoms with Crippen LogP contribution in [0.4, 0.5) is 0 Å². The lowest BCUT2D eigenvalue weighted by Crippen LogP contribution is -2.56. The fourth-order valence-electron chi connectivity index (χ4n) is 8.37. The van der Waals surface area contributed by atoms with Crippen molar-refractivity contribution in [1.82, 2.24) is 0 Å². The molecule has 8 atom stereocenters. The molecule has 0 spiro atoms. The number of nitrogens with zero attached hydrogens (tertiary/aromatic N) is 1. The normalized spacial score (nSPS) is 34.4. The number of ketones is 2. The second-order valence-electron chi connectivity index (χ2n) is 12.8. The number of allylic oxidation sites excluding steroid dienone is 4. The molecule has 8 unspecified atom stereocenters. The summed E-state index contributed by atoms with van der Waals surface area (Å²) in [7, 11) is 1.41. The monoisotopic (exact) mass is 589 g/mol. The quantitative estimate of drug-likeness (QED) is 0.149. The highest BCUT2D eigenvalue weighted by atomic mass is 16.9. The van der Waals surface area contributed by atoms with E-state index in [1.807, 2.05) is 13.0 Å². The zero-order valence-corrected chi connectivity index (χ0v) is 25.6. The van der Waals surface area contributed by atoms with Gasteiger partial charge in [-0.25, -0.2) is 0 Å². The molecule has 3 fully saturated rings. The molecule has 0 aromatic carbocycles. The number of methoxy groups -OCH3 is 1. The molecule has 234 valence electrons. The molecule has 0 aliphatic heterocycles. The van der Waals surface area contributed by atoms with Gasteiger partial charge in [0, 0.05) is 30.1 Å². The Balaban J connectivity index is 0.000000531. The number of unbranched alkanes of at least 4 members (excludes halogenated alkanes) is 1. The summed E-state index contributed by atoms with van der Waals surface area (Å²) in [5.41, 5.74) is 0.466. The van der Waals surface area contributed by atoms with E-state index in [0.717, 1.165) is 37.7 Å². The average molecular weight is 590 g/mol. The predicted molar refractivity (Wildman–Crippen MR) is 155 cm³/mol. The van der Waals surface area contributed by atoms with Crippen LogP contribution < -0.4 is 0 Å². The van der Waals surface area contributed by atoms with Gasteiger partial charge in [-0.15, -0.1) is 10.1 Å². The lowest BCUT2D eigenvalue weighted by Gasteiger charge is -2.58. The van der Waals surface area contributed by atoms with Crippen LogP contribution in [0.3, 0.4) is 0 Å². The first kappa shape index (κ1) is 33.5. The van der Waals surface area contributed by atoms with Gasteiger partial charge in [-0.2, -0.15) is 0 Å². The molecule has 1 N–H and O–H groups in total. The molecule has 0 bridgehead atoms. The van der Waals surface area contributed by atoms with Gasteiger partial charge in [-0.05, 0) is 67.4 Å². The Morgan fingerprint density at radius 1 is 1.26 bits per heavy atom. The Morgan fingerprint density at radius 3 is 2.62 bits per heavy atom. The Hall–Kier alpha value is -3.01. The van der Waals surface area contributed by atoms with Crippen molar-refractivity contribution in [3.8, 4) is 0 Å². The summed E-state index contributed by atoms with van der Waals surface area (Å²) in [6.45, 7) is 11.9. The Labute approximate surface area is 248 Å². The Morgan fingerprint density at radius 2 is 1.98 bits per heavy atom. The SMILES string of the molecule is C=C(CCO[N+](=O)[O-])OCC(=O)C1C(C)CC2C3CCC4=CC(=O)C=CC4(C)C3C(O)CC21C.CCCCC(=O)OC. The molecule has 4 rings (SSSR count). The van der Waals surface area contributed by atoms with Crippen molar-refractivity contribution in [2.24, 2.45) is 40.4 Å². The molecule has 0 heterocycles. The second kappa shape index (κ2) is 14.0. The van der Waals surface area contributed by atoms with Crippen LogP contribution in [0, 0.1) is 50.5 Å². The average Bonchev–Trinajstić information content (AvgIpc) is 3.20. The largest absolute Gasteiger partial charge is 0.491 e. The third kappa shape index (κ3) is 7.13. The molecule has 0 amide bonds. The van der Waals surface area contributed by atoms with E-state index in [1.165, 1.54) is 7.11 Å². The highest BCUT2D eigenvalue weighted by Gasteiger charge is 2.64. The first-order valence-corrected chi connectivity index (χ1v) is 15.1. The van der Waals surface area contributed by atoms with E-state index in [9.17, 15) is 29.6 Å². The highest BCUT2D eigenvalue weighted by molar-refractivity contribution is 6.01. The first-order chi connectivity index (χ1) is 19.8. The molecule has 0 saturated heterocycles. The van der Waals surface area contributed by atoms with Gasteiger partial charge in [0.2, 0.25) is 0 Å². The Kier molecular flexibility index (Phi) is 11.1. The lowest BCUT2D eigenvalue weighted by molar-refractivity contribution is -0.757. The number of aliphatic hydroxyl groups excluding tert-OH is 1. The van der Waals surface area contributed by atoms with E-state index >= 15 is 0 Å². The van der Waals surface area contributed by atoms with Crippen LogP contribution >= 0.6 is 0 Å².